The Hall–Kier alpha value is -3.75. The highest BCUT2D eigenvalue weighted by atomic mass is 19.1. The van der Waals surface area contributed by atoms with E-state index in [0.717, 1.165) is 30.6 Å². The van der Waals surface area contributed by atoms with E-state index in [-0.39, 0.29) is 23.7 Å². The number of carbonyl (C=O) groups is 1. The van der Waals surface area contributed by atoms with E-state index < -0.39 is 0 Å². The monoisotopic (exact) mass is 435 g/mol. The quantitative estimate of drug-likeness (QED) is 0.520. The molecule has 166 valence electrons. The van der Waals surface area contributed by atoms with Crippen LogP contribution in [0.5, 0.6) is 0 Å². The largest absolute Gasteiger partial charge is 0.371 e. The van der Waals surface area contributed by atoms with Crippen molar-refractivity contribution >= 4 is 29.0 Å². The van der Waals surface area contributed by atoms with Gasteiger partial charge < -0.3 is 21.3 Å². The maximum atomic E-state index is 13.3. The fourth-order valence-corrected chi connectivity index (χ4v) is 3.83. The maximum Gasteiger partial charge on any atom is 0.222 e. The van der Waals surface area contributed by atoms with E-state index in [2.05, 4.69) is 30.5 Å². The predicted molar refractivity (Wildman–Crippen MR) is 122 cm³/mol. The van der Waals surface area contributed by atoms with Gasteiger partial charge in [-0.1, -0.05) is 12.1 Å². The third kappa shape index (κ3) is 5.29. The minimum absolute atomic E-state index is 0.0950. The van der Waals surface area contributed by atoms with Crippen molar-refractivity contribution in [3.8, 4) is 0 Å². The highest BCUT2D eigenvalue weighted by Crippen LogP contribution is 2.29. The van der Waals surface area contributed by atoms with Crippen molar-refractivity contribution in [1.82, 2.24) is 15.0 Å². The van der Waals surface area contributed by atoms with Gasteiger partial charge in [-0.05, 0) is 37.5 Å². The van der Waals surface area contributed by atoms with Gasteiger partial charge in [0.2, 0.25) is 5.91 Å². The number of primary amides is 1. The summed E-state index contributed by atoms with van der Waals surface area (Å²) in [4.78, 5) is 26.9. The van der Waals surface area contributed by atoms with Crippen molar-refractivity contribution < 1.29 is 9.18 Å². The standard InChI is InChI=1S/C23H26FN7O/c1-15(16-4-6-18(24)7-5-16)28-20-11-19(31-10-2-3-17(14-31)23(25)32)12-21(29-20)30-22-13-26-8-9-27-22/h4-9,11-13,15,17H,2-3,10,14H2,1H3,(H2,25,32)(H2,27,28,29,30)/t15-,17?/m0/s1. The summed E-state index contributed by atoms with van der Waals surface area (Å²) in [5, 5.41) is 6.58. The van der Waals surface area contributed by atoms with Crippen molar-refractivity contribution in [2.45, 2.75) is 25.8 Å². The summed E-state index contributed by atoms with van der Waals surface area (Å²) in [5.41, 5.74) is 7.43. The van der Waals surface area contributed by atoms with Crippen LogP contribution in [0.3, 0.4) is 0 Å². The molecule has 8 nitrogen and oxygen atoms in total. The highest BCUT2D eigenvalue weighted by molar-refractivity contribution is 5.78. The fourth-order valence-electron chi connectivity index (χ4n) is 3.83. The van der Waals surface area contributed by atoms with E-state index >= 15 is 0 Å². The average Bonchev–Trinajstić information content (AvgIpc) is 2.80. The minimum atomic E-state index is -0.273. The number of pyridine rings is 1. The Balaban J connectivity index is 1.62. The SMILES string of the molecule is C[C@H](Nc1cc(N2CCCC(C(N)=O)C2)cc(Nc2cnccn2)n1)c1ccc(F)cc1. The Morgan fingerprint density at radius 1 is 1.19 bits per heavy atom. The Morgan fingerprint density at radius 2 is 1.97 bits per heavy atom. The lowest BCUT2D eigenvalue weighted by Crippen LogP contribution is -2.41. The van der Waals surface area contributed by atoms with Gasteiger partial charge in [0.1, 0.15) is 23.3 Å². The zero-order valence-electron chi connectivity index (χ0n) is 17.8. The number of anilines is 4. The summed E-state index contributed by atoms with van der Waals surface area (Å²) in [5.74, 6) is 1.09. The lowest BCUT2D eigenvalue weighted by atomic mass is 9.97. The number of amides is 1. The topological polar surface area (TPSA) is 109 Å². The molecule has 2 aromatic heterocycles. The van der Waals surface area contributed by atoms with Gasteiger partial charge in [-0.15, -0.1) is 0 Å². The van der Waals surface area contributed by atoms with E-state index in [1.807, 2.05) is 19.1 Å². The van der Waals surface area contributed by atoms with E-state index in [4.69, 9.17) is 5.73 Å². The van der Waals surface area contributed by atoms with Crippen LogP contribution in [0.15, 0.2) is 55.0 Å². The van der Waals surface area contributed by atoms with Crippen LogP contribution in [0.2, 0.25) is 0 Å². The van der Waals surface area contributed by atoms with Crippen LogP contribution in [-0.2, 0) is 4.79 Å². The summed E-state index contributed by atoms with van der Waals surface area (Å²) in [6.07, 6.45) is 6.51. The van der Waals surface area contributed by atoms with Crippen molar-refractivity contribution in [3.63, 3.8) is 0 Å². The first-order valence-corrected chi connectivity index (χ1v) is 10.6. The van der Waals surface area contributed by atoms with Gasteiger partial charge in [-0.2, -0.15) is 0 Å². The Labute approximate surface area is 186 Å². The van der Waals surface area contributed by atoms with E-state index in [9.17, 15) is 9.18 Å². The van der Waals surface area contributed by atoms with E-state index in [0.29, 0.717) is 24.0 Å². The summed E-state index contributed by atoms with van der Waals surface area (Å²) in [7, 11) is 0. The first-order valence-electron chi connectivity index (χ1n) is 10.6. The molecule has 1 fully saturated rings. The van der Waals surface area contributed by atoms with E-state index in [1.54, 1.807) is 30.7 Å². The molecule has 9 heteroatoms. The normalized spacial score (nSPS) is 16.9. The van der Waals surface area contributed by atoms with Gasteiger partial charge in [0.15, 0.2) is 0 Å². The van der Waals surface area contributed by atoms with Crippen LogP contribution in [0.25, 0.3) is 0 Å². The first kappa shape index (κ1) is 21.5. The molecule has 0 aliphatic carbocycles. The molecule has 3 aromatic rings. The van der Waals surface area contributed by atoms with Crippen LogP contribution in [0.1, 0.15) is 31.4 Å². The lowest BCUT2D eigenvalue weighted by molar-refractivity contribution is -0.122. The molecule has 1 saturated heterocycles. The fraction of sp³-hybridized carbons (Fsp3) is 0.304. The summed E-state index contributed by atoms with van der Waals surface area (Å²) >= 11 is 0. The van der Waals surface area contributed by atoms with Gasteiger partial charge in [-0.3, -0.25) is 9.78 Å². The predicted octanol–water partition coefficient (Wildman–Crippen LogP) is 3.63. The van der Waals surface area contributed by atoms with Gasteiger partial charge in [0.05, 0.1) is 12.1 Å². The van der Waals surface area contributed by atoms with Crippen LogP contribution in [-0.4, -0.2) is 33.9 Å². The molecule has 2 atom stereocenters. The second kappa shape index (κ2) is 9.59. The average molecular weight is 436 g/mol. The van der Waals surface area contributed by atoms with Gasteiger partial charge in [0, 0.05) is 49.3 Å². The summed E-state index contributed by atoms with van der Waals surface area (Å²) < 4.78 is 13.3. The first-order chi connectivity index (χ1) is 15.5. The number of aromatic nitrogens is 3. The number of rotatable bonds is 7. The van der Waals surface area contributed by atoms with Crippen LogP contribution in [0, 0.1) is 11.7 Å². The number of hydrogen-bond acceptors (Lipinski definition) is 7. The number of benzene rings is 1. The molecule has 1 unspecified atom stereocenters. The molecule has 1 aliphatic rings. The van der Waals surface area contributed by atoms with Gasteiger partial charge in [0.25, 0.3) is 0 Å². The third-order valence-corrected chi connectivity index (χ3v) is 5.55. The Kier molecular flexibility index (Phi) is 6.44. The molecular weight excluding hydrogens is 409 g/mol. The van der Waals surface area contributed by atoms with Gasteiger partial charge >= 0.3 is 0 Å². The Morgan fingerprint density at radius 3 is 2.69 bits per heavy atom. The van der Waals surface area contributed by atoms with E-state index in [1.165, 1.54) is 12.1 Å². The molecule has 3 heterocycles. The minimum Gasteiger partial charge on any atom is -0.371 e. The van der Waals surface area contributed by atoms with Crippen molar-refractivity contribution in [2.75, 3.05) is 28.6 Å². The molecule has 32 heavy (non-hydrogen) atoms. The maximum absolute atomic E-state index is 13.3. The third-order valence-electron chi connectivity index (χ3n) is 5.55. The number of hydrogen-bond donors (Lipinski definition) is 3. The van der Waals surface area contributed by atoms with Crippen LogP contribution >= 0.6 is 0 Å². The number of nitrogens with two attached hydrogens (primary N) is 1. The summed E-state index contributed by atoms with van der Waals surface area (Å²) in [6, 6.07) is 10.2. The summed E-state index contributed by atoms with van der Waals surface area (Å²) in [6.45, 7) is 3.38. The van der Waals surface area contributed by atoms with Crippen LogP contribution < -0.4 is 21.3 Å². The van der Waals surface area contributed by atoms with Crippen molar-refractivity contribution in [3.05, 3.63) is 66.4 Å². The highest BCUT2D eigenvalue weighted by Gasteiger charge is 2.25. The van der Waals surface area contributed by atoms with Gasteiger partial charge in [-0.25, -0.2) is 14.4 Å². The molecule has 0 radical (unpaired) electrons. The number of piperidine rings is 1. The zero-order chi connectivity index (χ0) is 22.5. The van der Waals surface area contributed by atoms with Crippen molar-refractivity contribution in [2.24, 2.45) is 11.7 Å². The number of carbonyl (C=O) groups excluding carboxylic acids is 1. The smallest absolute Gasteiger partial charge is 0.222 e. The molecule has 4 N–H and O–H groups in total. The second-order valence-corrected chi connectivity index (χ2v) is 7.92. The number of nitrogens with zero attached hydrogens (tertiary/aromatic N) is 4. The number of halogens is 1. The molecule has 0 spiro atoms. The molecular formula is C23H26FN7O. The second-order valence-electron chi connectivity index (χ2n) is 7.92. The zero-order valence-corrected chi connectivity index (χ0v) is 17.8. The molecule has 0 saturated carbocycles. The Bertz CT molecular complexity index is 1060. The molecule has 1 aliphatic heterocycles. The molecule has 4 rings (SSSR count). The molecule has 0 bridgehead atoms. The molecule has 1 aromatic carbocycles. The molecule has 1 amide bonds. The van der Waals surface area contributed by atoms with Crippen LogP contribution in [0.4, 0.5) is 27.5 Å². The lowest BCUT2D eigenvalue weighted by Gasteiger charge is -2.33. The number of nitrogens with one attached hydrogen (secondary N) is 2. The van der Waals surface area contributed by atoms with Crippen molar-refractivity contribution in [1.29, 1.82) is 0 Å².